The first-order valence-electron chi connectivity index (χ1n) is 8.27. The highest BCUT2D eigenvalue weighted by molar-refractivity contribution is 5.82. The number of Topliss-reactive ketones (excluding diaryl/α,β-unsaturated/α-hetero) is 1. The first-order chi connectivity index (χ1) is 9.74. The molecule has 0 radical (unpaired) electrons. The quantitative estimate of drug-likeness (QED) is 0.754. The number of hydrogen-bond donors (Lipinski definition) is 0. The molecule has 0 bridgehead atoms. The highest BCUT2D eigenvalue weighted by Gasteiger charge is 2.26. The van der Waals surface area contributed by atoms with Crippen molar-refractivity contribution in [3.8, 4) is 0 Å². The maximum atomic E-state index is 12.4. The lowest BCUT2D eigenvalue weighted by Crippen LogP contribution is -2.24. The van der Waals surface area contributed by atoms with Gasteiger partial charge in [0.1, 0.15) is 11.6 Å². The van der Waals surface area contributed by atoms with Gasteiger partial charge in [-0.3, -0.25) is 4.79 Å². The van der Waals surface area contributed by atoms with Crippen molar-refractivity contribution in [3.05, 3.63) is 18.2 Å². The Morgan fingerprint density at radius 1 is 1.25 bits per heavy atom. The lowest BCUT2D eigenvalue weighted by molar-refractivity contribution is -0.123. The molecule has 3 nitrogen and oxygen atoms in total. The lowest BCUT2D eigenvalue weighted by Gasteiger charge is -2.27. The first kappa shape index (κ1) is 15.3. The average molecular weight is 276 g/mol. The summed E-state index contributed by atoms with van der Waals surface area (Å²) in [5.41, 5.74) is 0. The van der Waals surface area contributed by atoms with E-state index in [-0.39, 0.29) is 5.92 Å². The van der Waals surface area contributed by atoms with Crippen LogP contribution in [-0.4, -0.2) is 15.3 Å². The van der Waals surface area contributed by atoms with Crippen LogP contribution in [0.5, 0.6) is 0 Å². The Labute approximate surface area is 122 Å². The zero-order chi connectivity index (χ0) is 14.4. The van der Waals surface area contributed by atoms with Crippen molar-refractivity contribution in [1.29, 1.82) is 0 Å². The van der Waals surface area contributed by atoms with E-state index in [1.165, 1.54) is 25.7 Å². The van der Waals surface area contributed by atoms with Crippen molar-refractivity contribution >= 4 is 5.78 Å². The molecule has 112 valence electrons. The minimum Gasteiger partial charge on any atom is -0.335 e. The molecule has 0 N–H and O–H groups in total. The monoisotopic (exact) mass is 276 g/mol. The van der Waals surface area contributed by atoms with E-state index in [4.69, 9.17) is 0 Å². The number of aromatic nitrogens is 2. The Balaban J connectivity index is 1.85. The average Bonchev–Trinajstić information content (AvgIpc) is 2.88. The fourth-order valence-electron chi connectivity index (χ4n) is 3.43. The summed E-state index contributed by atoms with van der Waals surface area (Å²) in [6, 6.07) is 0. The van der Waals surface area contributed by atoms with E-state index in [0.717, 1.165) is 37.5 Å². The number of carbonyl (C=O) groups excluding carboxylic acids is 1. The molecule has 1 aromatic rings. The lowest BCUT2D eigenvalue weighted by atomic mass is 9.78. The van der Waals surface area contributed by atoms with Crippen molar-refractivity contribution in [1.82, 2.24) is 9.55 Å². The third-order valence-electron chi connectivity index (χ3n) is 4.60. The summed E-state index contributed by atoms with van der Waals surface area (Å²) in [5.74, 6) is 2.51. The number of aryl methyl sites for hydroxylation is 1. The van der Waals surface area contributed by atoms with Crippen LogP contribution in [0, 0.1) is 11.8 Å². The Morgan fingerprint density at radius 3 is 2.65 bits per heavy atom. The van der Waals surface area contributed by atoms with Gasteiger partial charge < -0.3 is 4.57 Å². The van der Waals surface area contributed by atoms with Gasteiger partial charge >= 0.3 is 0 Å². The van der Waals surface area contributed by atoms with E-state index in [9.17, 15) is 4.79 Å². The summed E-state index contributed by atoms with van der Waals surface area (Å²) in [6.45, 7) is 5.37. The van der Waals surface area contributed by atoms with Crippen LogP contribution in [0.4, 0.5) is 0 Å². The molecule has 1 heterocycles. The Kier molecular flexibility index (Phi) is 5.81. The summed E-state index contributed by atoms with van der Waals surface area (Å²) in [7, 11) is 0. The van der Waals surface area contributed by atoms with E-state index >= 15 is 0 Å². The fourth-order valence-corrected chi connectivity index (χ4v) is 3.43. The van der Waals surface area contributed by atoms with Gasteiger partial charge in [-0.25, -0.2) is 4.98 Å². The van der Waals surface area contributed by atoms with Gasteiger partial charge in [0.15, 0.2) is 0 Å². The van der Waals surface area contributed by atoms with Gasteiger partial charge in [0, 0.05) is 24.9 Å². The van der Waals surface area contributed by atoms with E-state index in [0.29, 0.717) is 12.2 Å². The standard InChI is InChI=1S/C17H28N2O/c1-3-5-14-6-8-15(9-7-14)16(20)13-17-18-10-12-19(17)11-4-2/h10,12,14-15H,3-9,11,13H2,1-2H3. The Hall–Kier alpha value is -1.12. The van der Waals surface area contributed by atoms with Crippen LogP contribution < -0.4 is 0 Å². The number of imidazole rings is 1. The Morgan fingerprint density at radius 2 is 2.00 bits per heavy atom. The highest BCUT2D eigenvalue weighted by Crippen LogP contribution is 2.32. The number of hydrogen-bond acceptors (Lipinski definition) is 2. The van der Waals surface area contributed by atoms with Crippen molar-refractivity contribution in [2.24, 2.45) is 11.8 Å². The number of rotatable bonds is 7. The van der Waals surface area contributed by atoms with Crippen LogP contribution in [0.25, 0.3) is 0 Å². The van der Waals surface area contributed by atoms with Crippen molar-refractivity contribution in [2.75, 3.05) is 0 Å². The molecule has 0 atom stereocenters. The van der Waals surface area contributed by atoms with Gasteiger partial charge in [-0.05, 0) is 38.0 Å². The van der Waals surface area contributed by atoms with Gasteiger partial charge in [-0.2, -0.15) is 0 Å². The van der Waals surface area contributed by atoms with E-state index in [1.807, 2.05) is 12.4 Å². The molecule has 1 aliphatic rings. The molecule has 1 fully saturated rings. The Bertz CT molecular complexity index is 416. The normalized spacial score (nSPS) is 22.9. The van der Waals surface area contributed by atoms with E-state index in [1.54, 1.807) is 0 Å². The summed E-state index contributed by atoms with van der Waals surface area (Å²) in [4.78, 5) is 16.8. The first-order valence-corrected chi connectivity index (χ1v) is 8.27. The minimum absolute atomic E-state index is 0.287. The van der Waals surface area contributed by atoms with Gasteiger partial charge in [0.25, 0.3) is 0 Å². The zero-order valence-electron chi connectivity index (χ0n) is 13.0. The fraction of sp³-hybridized carbons (Fsp3) is 0.765. The molecule has 1 saturated carbocycles. The predicted molar refractivity (Wildman–Crippen MR) is 81.6 cm³/mol. The molecule has 1 aromatic heterocycles. The van der Waals surface area contributed by atoms with Gasteiger partial charge in [-0.15, -0.1) is 0 Å². The minimum atomic E-state index is 0.287. The highest BCUT2D eigenvalue weighted by atomic mass is 16.1. The molecule has 0 aliphatic heterocycles. The maximum Gasteiger partial charge on any atom is 0.143 e. The molecule has 20 heavy (non-hydrogen) atoms. The largest absolute Gasteiger partial charge is 0.335 e. The number of nitrogens with zero attached hydrogens (tertiary/aromatic N) is 2. The summed E-state index contributed by atoms with van der Waals surface area (Å²) in [6.07, 6.45) is 12.7. The summed E-state index contributed by atoms with van der Waals surface area (Å²) >= 11 is 0. The SMILES string of the molecule is CCCC1CCC(C(=O)Cc2nccn2CCC)CC1. The van der Waals surface area contributed by atoms with Gasteiger partial charge in [0.05, 0.1) is 6.42 Å². The van der Waals surface area contributed by atoms with E-state index < -0.39 is 0 Å². The second-order valence-electron chi connectivity index (χ2n) is 6.19. The van der Waals surface area contributed by atoms with Crippen LogP contribution in [0.2, 0.25) is 0 Å². The number of ketones is 1. The van der Waals surface area contributed by atoms with Crippen LogP contribution in [0.15, 0.2) is 12.4 Å². The molecule has 0 unspecified atom stereocenters. The molecule has 3 heteroatoms. The van der Waals surface area contributed by atoms with Crippen LogP contribution >= 0.6 is 0 Å². The van der Waals surface area contributed by atoms with Crippen LogP contribution in [0.1, 0.15) is 64.6 Å². The second kappa shape index (κ2) is 7.61. The zero-order valence-corrected chi connectivity index (χ0v) is 13.0. The van der Waals surface area contributed by atoms with Crippen molar-refractivity contribution < 1.29 is 4.79 Å². The summed E-state index contributed by atoms with van der Waals surface area (Å²) in [5, 5.41) is 0. The topological polar surface area (TPSA) is 34.9 Å². The second-order valence-corrected chi connectivity index (χ2v) is 6.19. The van der Waals surface area contributed by atoms with Crippen molar-refractivity contribution in [2.45, 2.75) is 71.8 Å². The predicted octanol–water partition coefficient (Wildman–Crippen LogP) is 4.01. The molecular formula is C17H28N2O. The van der Waals surface area contributed by atoms with Gasteiger partial charge in [0.2, 0.25) is 0 Å². The van der Waals surface area contributed by atoms with Crippen LogP contribution in [0.3, 0.4) is 0 Å². The van der Waals surface area contributed by atoms with Gasteiger partial charge in [-0.1, -0.05) is 26.7 Å². The third-order valence-corrected chi connectivity index (χ3v) is 4.60. The number of carbonyl (C=O) groups is 1. The summed E-state index contributed by atoms with van der Waals surface area (Å²) < 4.78 is 2.13. The molecule has 1 aliphatic carbocycles. The van der Waals surface area contributed by atoms with Crippen LogP contribution in [-0.2, 0) is 17.8 Å². The smallest absolute Gasteiger partial charge is 0.143 e. The molecule has 0 aromatic carbocycles. The van der Waals surface area contributed by atoms with Crippen molar-refractivity contribution in [3.63, 3.8) is 0 Å². The van der Waals surface area contributed by atoms with E-state index in [2.05, 4.69) is 23.4 Å². The molecule has 0 spiro atoms. The molecular weight excluding hydrogens is 248 g/mol. The maximum absolute atomic E-state index is 12.4. The molecule has 2 rings (SSSR count). The molecule has 0 saturated heterocycles. The molecule has 0 amide bonds. The third kappa shape index (κ3) is 3.94.